The first kappa shape index (κ1) is 11.4. The van der Waals surface area contributed by atoms with Crippen LogP contribution in [0.1, 0.15) is 51.9 Å². The van der Waals surface area contributed by atoms with Crippen molar-refractivity contribution in [2.75, 3.05) is 13.1 Å². The van der Waals surface area contributed by atoms with Gasteiger partial charge in [-0.25, -0.2) is 0 Å². The van der Waals surface area contributed by atoms with E-state index in [1.165, 1.54) is 51.6 Å². The number of rotatable bonds is 2. The van der Waals surface area contributed by atoms with E-state index in [0.29, 0.717) is 6.04 Å². The van der Waals surface area contributed by atoms with Crippen molar-refractivity contribution in [1.82, 2.24) is 4.90 Å². The lowest BCUT2D eigenvalue weighted by Gasteiger charge is -2.42. The number of hydrogen-bond donors (Lipinski definition) is 1. The molecule has 1 saturated carbocycles. The summed E-state index contributed by atoms with van der Waals surface area (Å²) in [4.78, 5) is 2.57. The zero-order valence-electron chi connectivity index (χ0n) is 9.99. The fourth-order valence-electron chi connectivity index (χ4n) is 3.25. The van der Waals surface area contributed by atoms with Crippen molar-refractivity contribution < 1.29 is 5.11 Å². The third kappa shape index (κ3) is 2.73. The van der Waals surface area contributed by atoms with Crippen molar-refractivity contribution in [1.29, 1.82) is 0 Å². The van der Waals surface area contributed by atoms with E-state index in [1.807, 2.05) is 0 Å². The van der Waals surface area contributed by atoms with E-state index in [-0.39, 0.29) is 6.10 Å². The van der Waals surface area contributed by atoms with Crippen molar-refractivity contribution in [3.05, 3.63) is 0 Å². The number of piperidine rings is 1. The molecule has 1 aliphatic carbocycles. The molecule has 1 N–H and O–H groups in total. The zero-order chi connectivity index (χ0) is 10.7. The van der Waals surface area contributed by atoms with Crippen molar-refractivity contribution in [2.24, 2.45) is 5.92 Å². The van der Waals surface area contributed by atoms with Crippen LogP contribution in [0.5, 0.6) is 0 Å². The van der Waals surface area contributed by atoms with Crippen LogP contribution in [-0.2, 0) is 0 Å². The molecule has 0 radical (unpaired) electrons. The van der Waals surface area contributed by atoms with Crippen LogP contribution in [0.3, 0.4) is 0 Å². The van der Waals surface area contributed by atoms with Gasteiger partial charge in [0.1, 0.15) is 0 Å². The summed E-state index contributed by atoms with van der Waals surface area (Å²) >= 11 is 0. The van der Waals surface area contributed by atoms with Crippen LogP contribution >= 0.6 is 0 Å². The van der Waals surface area contributed by atoms with Gasteiger partial charge in [0.2, 0.25) is 0 Å². The third-order valence-electron chi connectivity index (χ3n) is 4.29. The fourth-order valence-corrected chi connectivity index (χ4v) is 3.25. The maximum Gasteiger partial charge on any atom is 0.0695 e. The summed E-state index contributed by atoms with van der Waals surface area (Å²) in [6, 6.07) is 0.480. The summed E-state index contributed by atoms with van der Waals surface area (Å²) < 4.78 is 0. The minimum atomic E-state index is -0.0469. The zero-order valence-corrected chi connectivity index (χ0v) is 9.99. The maximum atomic E-state index is 10.0. The van der Waals surface area contributed by atoms with E-state index in [2.05, 4.69) is 11.8 Å². The van der Waals surface area contributed by atoms with Crippen LogP contribution in [0, 0.1) is 5.92 Å². The molecule has 2 rings (SSSR count). The number of hydrogen-bond acceptors (Lipinski definition) is 2. The molecule has 1 heterocycles. The van der Waals surface area contributed by atoms with Crippen LogP contribution < -0.4 is 0 Å². The van der Waals surface area contributed by atoms with Crippen molar-refractivity contribution in [2.45, 2.75) is 64.0 Å². The lowest BCUT2D eigenvalue weighted by molar-refractivity contribution is -0.000140. The predicted molar refractivity (Wildman–Crippen MR) is 62.9 cm³/mol. The molecule has 2 fully saturated rings. The van der Waals surface area contributed by atoms with Crippen molar-refractivity contribution >= 4 is 0 Å². The van der Waals surface area contributed by atoms with E-state index < -0.39 is 0 Å². The highest BCUT2D eigenvalue weighted by Gasteiger charge is 2.31. The molecule has 2 aliphatic rings. The summed E-state index contributed by atoms with van der Waals surface area (Å²) in [5.74, 6) is 0.882. The Balaban J connectivity index is 1.90. The van der Waals surface area contributed by atoms with Crippen LogP contribution in [-0.4, -0.2) is 35.2 Å². The average Bonchev–Trinajstić information content (AvgIpc) is 2.30. The standard InChI is InChI=1S/C13H25NO/c1-2-11-6-5-9-14(10-11)12-7-3-4-8-13(12)15/h11-13,15H,2-10H2,1H3/t11?,12-,13-/m1/s1. The molecule has 1 aliphatic heterocycles. The minimum absolute atomic E-state index is 0.0469. The average molecular weight is 211 g/mol. The van der Waals surface area contributed by atoms with Gasteiger partial charge in [-0.05, 0) is 38.1 Å². The summed E-state index contributed by atoms with van der Waals surface area (Å²) in [6.45, 7) is 4.75. The second kappa shape index (κ2) is 5.31. The van der Waals surface area contributed by atoms with Crippen molar-refractivity contribution in [3.63, 3.8) is 0 Å². The first-order chi connectivity index (χ1) is 7.31. The predicted octanol–water partition coefficient (Wildman–Crippen LogP) is 2.41. The molecule has 15 heavy (non-hydrogen) atoms. The van der Waals surface area contributed by atoms with Crippen molar-refractivity contribution in [3.8, 4) is 0 Å². The molecule has 0 amide bonds. The molecule has 0 bridgehead atoms. The van der Waals surface area contributed by atoms with E-state index >= 15 is 0 Å². The first-order valence-corrected chi connectivity index (χ1v) is 6.73. The number of aliphatic hydroxyl groups is 1. The van der Waals surface area contributed by atoms with E-state index in [9.17, 15) is 5.11 Å². The molecule has 0 aromatic heterocycles. The molecule has 88 valence electrons. The summed E-state index contributed by atoms with van der Waals surface area (Å²) in [7, 11) is 0. The maximum absolute atomic E-state index is 10.0. The van der Waals surface area contributed by atoms with Gasteiger partial charge in [-0.1, -0.05) is 26.2 Å². The fraction of sp³-hybridized carbons (Fsp3) is 1.00. The summed E-state index contributed by atoms with van der Waals surface area (Å²) in [6.07, 6.45) is 8.78. The smallest absolute Gasteiger partial charge is 0.0695 e. The van der Waals surface area contributed by atoms with Crippen LogP contribution in [0.2, 0.25) is 0 Å². The molecule has 2 nitrogen and oxygen atoms in total. The van der Waals surface area contributed by atoms with Crippen LogP contribution in [0.25, 0.3) is 0 Å². The lowest BCUT2D eigenvalue weighted by Crippen LogP contribution is -2.49. The Labute approximate surface area is 93.7 Å². The molecule has 1 saturated heterocycles. The normalized spacial score (nSPS) is 39.2. The summed E-state index contributed by atoms with van der Waals surface area (Å²) in [5, 5.41) is 10.0. The molecule has 0 aromatic rings. The number of nitrogens with zero attached hydrogens (tertiary/aromatic N) is 1. The highest BCUT2D eigenvalue weighted by molar-refractivity contribution is 4.86. The Kier molecular flexibility index (Phi) is 4.04. The van der Waals surface area contributed by atoms with Gasteiger partial charge in [-0.2, -0.15) is 0 Å². The Bertz CT molecular complexity index is 195. The van der Waals surface area contributed by atoms with E-state index in [4.69, 9.17) is 0 Å². The van der Waals surface area contributed by atoms with Crippen LogP contribution in [0.4, 0.5) is 0 Å². The highest BCUT2D eigenvalue weighted by Crippen LogP contribution is 2.28. The molecular weight excluding hydrogens is 186 g/mol. The van der Waals surface area contributed by atoms with Crippen LogP contribution in [0.15, 0.2) is 0 Å². The Morgan fingerprint density at radius 3 is 2.67 bits per heavy atom. The van der Waals surface area contributed by atoms with Gasteiger partial charge in [0, 0.05) is 12.6 Å². The Hall–Kier alpha value is -0.0800. The molecule has 0 spiro atoms. The van der Waals surface area contributed by atoms with Gasteiger partial charge in [-0.15, -0.1) is 0 Å². The molecular formula is C13H25NO. The second-order valence-corrected chi connectivity index (χ2v) is 5.33. The van der Waals surface area contributed by atoms with Gasteiger partial charge in [0.15, 0.2) is 0 Å². The van der Waals surface area contributed by atoms with Gasteiger partial charge in [0.05, 0.1) is 6.10 Å². The molecule has 3 atom stereocenters. The van der Waals surface area contributed by atoms with Gasteiger partial charge in [0.25, 0.3) is 0 Å². The quantitative estimate of drug-likeness (QED) is 0.758. The summed E-state index contributed by atoms with van der Waals surface area (Å²) in [5.41, 5.74) is 0. The highest BCUT2D eigenvalue weighted by atomic mass is 16.3. The first-order valence-electron chi connectivity index (χ1n) is 6.73. The topological polar surface area (TPSA) is 23.5 Å². The number of aliphatic hydroxyl groups excluding tert-OH is 1. The Morgan fingerprint density at radius 2 is 1.93 bits per heavy atom. The minimum Gasteiger partial charge on any atom is -0.391 e. The van der Waals surface area contributed by atoms with E-state index in [1.54, 1.807) is 0 Å². The monoisotopic (exact) mass is 211 g/mol. The van der Waals surface area contributed by atoms with Gasteiger partial charge in [-0.3, -0.25) is 4.90 Å². The largest absolute Gasteiger partial charge is 0.391 e. The molecule has 0 aromatic carbocycles. The SMILES string of the molecule is CCC1CCCN([C@@H]2CCCC[C@H]2O)C1. The molecule has 1 unspecified atom stereocenters. The number of likely N-dealkylation sites (tertiary alicyclic amines) is 1. The van der Waals surface area contributed by atoms with Gasteiger partial charge >= 0.3 is 0 Å². The third-order valence-corrected chi connectivity index (χ3v) is 4.29. The lowest BCUT2D eigenvalue weighted by atomic mass is 9.87. The second-order valence-electron chi connectivity index (χ2n) is 5.33. The molecule has 2 heteroatoms. The van der Waals surface area contributed by atoms with Gasteiger partial charge < -0.3 is 5.11 Å². The Morgan fingerprint density at radius 1 is 1.13 bits per heavy atom. The van der Waals surface area contributed by atoms with E-state index in [0.717, 1.165) is 12.3 Å².